The van der Waals surface area contributed by atoms with Crippen LogP contribution in [0.4, 0.5) is 5.69 Å². The average Bonchev–Trinajstić information content (AvgIpc) is 2.43. The van der Waals surface area contributed by atoms with Gasteiger partial charge in [-0.25, -0.2) is 0 Å². The summed E-state index contributed by atoms with van der Waals surface area (Å²) in [5.41, 5.74) is 6.58. The number of pyridine rings is 1. The van der Waals surface area contributed by atoms with Crippen molar-refractivity contribution >= 4 is 16.6 Å². The molecule has 0 bridgehead atoms. The molecular weight excluding hydrogens is 244 g/mol. The normalized spacial score (nSPS) is 14.6. The van der Waals surface area contributed by atoms with E-state index in [2.05, 4.69) is 44.3 Å². The number of hydrogen-bond donors (Lipinski definition) is 1. The van der Waals surface area contributed by atoms with Crippen LogP contribution >= 0.6 is 0 Å². The predicted molar refractivity (Wildman–Crippen MR) is 86.4 cm³/mol. The first-order valence-corrected chi connectivity index (χ1v) is 7.81. The summed E-state index contributed by atoms with van der Waals surface area (Å²) in [6.07, 6.45) is 4.88. The topological polar surface area (TPSA) is 24.9 Å². The Morgan fingerprint density at radius 2 is 2.00 bits per heavy atom. The standard InChI is InChI=1S/C18H24N2/c1-12(2)11-19-18-14-6-4-5-7-16(14)20-17-9-8-13(3)10-15(17)18/h8-10,12H,4-7,11H2,1-3H3,(H,19,20). The molecule has 20 heavy (non-hydrogen) atoms. The highest BCUT2D eigenvalue weighted by Crippen LogP contribution is 2.33. The first-order valence-electron chi connectivity index (χ1n) is 7.81. The van der Waals surface area contributed by atoms with Crippen molar-refractivity contribution in [2.24, 2.45) is 5.92 Å². The van der Waals surface area contributed by atoms with Gasteiger partial charge in [-0.1, -0.05) is 25.5 Å². The molecular formula is C18H24N2. The van der Waals surface area contributed by atoms with E-state index < -0.39 is 0 Å². The third-order valence-corrected chi connectivity index (χ3v) is 4.10. The van der Waals surface area contributed by atoms with Crippen molar-refractivity contribution in [2.75, 3.05) is 11.9 Å². The van der Waals surface area contributed by atoms with Gasteiger partial charge < -0.3 is 5.32 Å². The Morgan fingerprint density at radius 3 is 2.80 bits per heavy atom. The zero-order valence-electron chi connectivity index (χ0n) is 12.8. The van der Waals surface area contributed by atoms with Crippen molar-refractivity contribution in [1.29, 1.82) is 0 Å². The summed E-state index contributed by atoms with van der Waals surface area (Å²) < 4.78 is 0. The van der Waals surface area contributed by atoms with Crippen LogP contribution in [0.5, 0.6) is 0 Å². The van der Waals surface area contributed by atoms with E-state index >= 15 is 0 Å². The Morgan fingerprint density at radius 1 is 1.20 bits per heavy atom. The molecule has 1 aromatic carbocycles. The number of rotatable bonds is 3. The molecule has 1 aromatic heterocycles. The smallest absolute Gasteiger partial charge is 0.0726 e. The van der Waals surface area contributed by atoms with E-state index in [4.69, 9.17) is 4.98 Å². The van der Waals surface area contributed by atoms with Crippen LogP contribution in [0.25, 0.3) is 10.9 Å². The molecule has 0 atom stereocenters. The zero-order valence-corrected chi connectivity index (χ0v) is 12.8. The second-order valence-electron chi connectivity index (χ2n) is 6.41. The van der Waals surface area contributed by atoms with E-state index in [0.717, 1.165) is 18.5 Å². The monoisotopic (exact) mass is 268 g/mol. The van der Waals surface area contributed by atoms with Gasteiger partial charge in [0.2, 0.25) is 0 Å². The zero-order chi connectivity index (χ0) is 14.1. The van der Waals surface area contributed by atoms with E-state index in [1.165, 1.54) is 47.2 Å². The van der Waals surface area contributed by atoms with Gasteiger partial charge in [0, 0.05) is 23.3 Å². The molecule has 2 nitrogen and oxygen atoms in total. The molecule has 106 valence electrons. The Labute approximate surface area is 121 Å². The van der Waals surface area contributed by atoms with Gasteiger partial charge in [0.15, 0.2) is 0 Å². The first-order chi connectivity index (χ1) is 9.65. The van der Waals surface area contributed by atoms with Crippen molar-refractivity contribution in [3.05, 3.63) is 35.0 Å². The van der Waals surface area contributed by atoms with Crippen molar-refractivity contribution in [2.45, 2.75) is 46.5 Å². The molecule has 0 unspecified atom stereocenters. The maximum Gasteiger partial charge on any atom is 0.0726 e. The summed E-state index contributed by atoms with van der Waals surface area (Å²) in [6.45, 7) is 7.70. The van der Waals surface area contributed by atoms with Crippen LogP contribution in [0.15, 0.2) is 18.2 Å². The number of nitrogens with zero attached hydrogens (tertiary/aromatic N) is 1. The van der Waals surface area contributed by atoms with Crippen LogP contribution in [-0.2, 0) is 12.8 Å². The molecule has 1 heterocycles. The lowest BCUT2D eigenvalue weighted by atomic mass is 9.92. The number of nitrogens with one attached hydrogen (secondary N) is 1. The van der Waals surface area contributed by atoms with Gasteiger partial charge in [0.25, 0.3) is 0 Å². The fourth-order valence-electron chi connectivity index (χ4n) is 3.05. The molecule has 1 aliphatic carbocycles. The number of fused-ring (bicyclic) bond motifs is 2. The summed E-state index contributed by atoms with van der Waals surface area (Å²) in [7, 11) is 0. The Bertz CT molecular complexity index is 629. The molecule has 0 saturated carbocycles. The molecule has 0 saturated heterocycles. The van der Waals surface area contributed by atoms with E-state index in [1.807, 2.05) is 0 Å². The molecule has 0 aliphatic heterocycles. The minimum atomic E-state index is 0.655. The van der Waals surface area contributed by atoms with Gasteiger partial charge in [0.05, 0.1) is 5.52 Å². The minimum absolute atomic E-state index is 0.655. The third-order valence-electron chi connectivity index (χ3n) is 4.10. The van der Waals surface area contributed by atoms with Crippen LogP contribution < -0.4 is 5.32 Å². The number of anilines is 1. The molecule has 2 aromatic rings. The average molecular weight is 268 g/mol. The highest BCUT2D eigenvalue weighted by Gasteiger charge is 2.18. The lowest BCUT2D eigenvalue weighted by Gasteiger charge is -2.22. The Hall–Kier alpha value is -1.57. The third kappa shape index (κ3) is 2.52. The summed E-state index contributed by atoms with van der Waals surface area (Å²) in [4.78, 5) is 4.90. The molecule has 0 fully saturated rings. The van der Waals surface area contributed by atoms with E-state index in [9.17, 15) is 0 Å². The number of aromatic nitrogens is 1. The molecule has 2 heteroatoms. The highest BCUT2D eigenvalue weighted by molar-refractivity contribution is 5.94. The molecule has 1 N–H and O–H groups in total. The van der Waals surface area contributed by atoms with E-state index in [1.54, 1.807) is 0 Å². The molecule has 0 radical (unpaired) electrons. The SMILES string of the molecule is Cc1ccc2nc3c(c(NCC(C)C)c2c1)CCCC3. The van der Waals surface area contributed by atoms with Crippen molar-refractivity contribution < 1.29 is 0 Å². The number of benzene rings is 1. The van der Waals surface area contributed by atoms with E-state index in [-0.39, 0.29) is 0 Å². The van der Waals surface area contributed by atoms with Gasteiger partial charge in [-0.15, -0.1) is 0 Å². The van der Waals surface area contributed by atoms with Crippen LogP contribution in [0, 0.1) is 12.8 Å². The predicted octanol–water partition coefficient (Wildman–Crippen LogP) is 4.49. The second kappa shape index (κ2) is 5.43. The second-order valence-corrected chi connectivity index (χ2v) is 6.41. The Kier molecular flexibility index (Phi) is 3.64. The maximum absolute atomic E-state index is 4.90. The molecule has 0 spiro atoms. The Balaban J connectivity index is 2.16. The fraction of sp³-hybridized carbons (Fsp3) is 0.500. The van der Waals surface area contributed by atoms with Gasteiger partial charge in [0.1, 0.15) is 0 Å². The van der Waals surface area contributed by atoms with Crippen LogP contribution in [0.1, 0.15) is 43.5 Å². The lowest BCUT2D eigenvalue weighted by molar-refractivity contribution is 0.665. The van der Waals surface area contributed by atoms with Crippen molar-refractivity contribution in [3.63, 3.8) is 0 Å². The molecule has 3 rings (SSSR count). The molecule has 0 amide bonds. The van der Waals surface area contributed by atoms with Gasteiger partial charge in [-0.05, 0) is 56.2 Å². The quantitative estimate of drug-likeness (QED) is 0.887. The van der Waals surface area contributed by atoms with Crippen LogP contribution in [-0.4, -0.2) is 11.5 Å². The maximum atomic E-state index is 4.90. The highest BCUT2D eigenvalue weighted by atomic mass is 14.9. The molecule has 1 aliphatic rings. The lowest BCUT2D eigenvalue weighted by Crippen LogP contribution is -2.14. The van der Waals surface area contributed by atoms with Crippen LogP contribution in [0.3, 0.4) is 0 Å². The van der Waals surface area contributed by atoms with Gasteiger partial charge >= 0.3 is 0 Å². The summed E-state index contributed by atoms with van der Waals surface area (Å²) in [5, 5.41) is 5.00. The fourth-order valence-corrected chi connectivity index (χ4v) is 3.05. The van der Waals surface area contributed by atoms with Crippen molar-refractivity contribution in [1.82, 2.24) is 4.98 Å². The van der Waals surface area contributed by atoms with Gasteiger partial charge in [-0.3, -0.25) is 4.98 Å². The van der Waals surface area contributed by atoms with Crippen LogP contribution in [0.2, 0.25) is 0 Å². The summed E-state index contributed by atoms with van der Waals surface area (Å²) in [5.74, 6) is 0.655. The van der Waals surface area contributed by atoms with Crippen molar-refractivity contribution in [3.8, 4) is 0 Å². The largest absolute Gasteiger partial charge is 0.384 e. The summed E-state index contributed by atoms with van der Waals surface area (Å²) >= 11 is 0. The minimum Gasteiger partial charge on any atom is -0.384 e. The number of aryl methyl sites for hydroxylation is 2. The summed E-state index contributed by atoms with van der Waals surface area (Å²) in [6, 6.07) is 6.61. The van der Waals surface area contributed by atoms with Gasteiger partial charge in [-0.2, -0.15) is 0 Å². The first kappa shape index (κ1) is 13.4. The van der Waals surface area contributed by atoms with E-state index in [0.29, 0.717) is 5.92 Å². The number of hydrogen-bond acceptors (Lipinski definition) is 2.